The molecule has 1 aromatic carbocycles. The zero-order chi connectivity index (χ0) is 23.6. The number of carbonyl (C=O) groups is 4. The summed E-state index contributed by atoms with van der Waals surface area (Å²) in [5.74, 6) is -1.78. The van der Waals surface area contributed by atoms with Gasteiger partial charge in [0.05, 0.1) is 5.57 Å². The third-order valence-electron chi connectivity index (χ3n) is 4.67. The molecule has 0 spiro atoms. The van der Waals surface area contributed by atoms with E-state index in [4.69, 9.17) is 37.8 Å². The molecule has 2 aliphatic heterocycles. The highest BCUT2D eigenvalue weighted by atomic mass is 35.5. The molecule has 9 nitrogen and oxygen atoms in total. The van der Waals surface area contributed by atoms with E-state index in [-0.39, 0.29) is 28.3 Å². The molecule has 1 unspecified atom stereocenters. The van der Waals surface area contributed by atoms with Crippen molar-refractivity contribution in [1.82, 2.24) is 10.2 Å². The van der Waals surface area contributed by atoms with Crippen molar-refractivity contribution in [3.63, 3.8) is 0 Å². The van der Waals surface area contributed by atoms with E-state index in [1.165, 1.54) is 18.7 Å². The third-order valence-corrected chi connectivity index (χ3v) is 6.39. The van der Waals surface area contributed by atoms with E-state index in [1.54, 1.807) is 24.3 Å². The lowest BCUT2D eigenvalue weighted by atomic mass is 10.0. The van der Waals surface area contributed by atoms with Crippen LogP contribution in [-0.4, -0.2) is 57.7 Å². The number of fused-ring (bicyclic) bond motifs is 1. The number of hydrogen-bond acceptors (Lipinski definition) is 7. The number of esters is 1. The number of carboxylic acid groups (broad SMARTS) is 1. The van der Waals surface area contributed by atoms with Crippen LogP contribution >= 0.6 is 35.0 Å². The molecular weight excluding hydrogens is 483 g/mol. The number of nitrogens with zero attached hydrogens (tertiary/aromatic N) is 1. The lowest BCUT2D eigenvalue weighted by molar-refractivity contribution is -0.148. The number of halogens is 2. The maximum atomic E-state index is 12.9. The normalized spacial score (nSPS) is 19.5. The second-order valence-electron chi connectivity index (χ2n) is 6.92. The number of benzene rings is 1. The summed E-state index contributed by atoms with van der Waals surface area (Å²) in [6, 6.07) is 5.99. The number of carbonyl (C=O) groups excluding carboxylic acids is 3. The van der Waals surface area contributed by atoms with E-state index in [1.807, 2.05) is 6.92 Å². The van der Waals surface area contributed by atoms with Crippen LogP contribution in [0.1, 0.15) is 18.1 Å². The molecule has 2 amide bonds. The highest BCUT2D eigenvalue weighted by Gasteiger charge is 2.54. The third kappa shape index (κ3) is 5.03. The number of ether oxygens (including phenoxy) is 2. The molecule has 12 heteroatoms. The summed E-state index contributed by atoms with van der Waals surface area (Å²) < 4.78 is 9.45. The van der Waals surface area contributed by atoms with Crippen LogP contribution in [-0.2, 0) is 23.9 Å². The van der Waals surface area contributed by atoms with Crippen molar-refractivity contribution in [2.24, 2.45) is 0 Å². The minimum absolute atomic E-state index is 0.00786. The molecule has 32 heavy (non-hydrogen) atoms. The monoisotopic (exact) mass is 500 g/mol. The van der Waals surface area contributed by atoms with Crippen LogP contribution in [0.4, 0.5) is 4.79 Å². The highest BCUT2D eigenvalue weighted by molar-refractivity contribution is 8.00. The first-order valence-electron chi connectivity index (χ1n) is 9.24. The number of aryl methyl sites for hydroxylation is 1. The van der Waals surface area contributed by atoms with E-state index in [2.05, 4.69) is 5.32 Å². The number of rotatable bonds is 6. The van der Waals surface area contributed by atoms with Crippen molar-refractivity contribution in [1.29, 1.82) is 0 Å². The Hall–Kier alpha value is -2.69. The summed E-state index contributed by atoms with van der Waals surface area (Å²) >= 11 is 13.1. The van der Waals surface area contributed by atoms with E-state index < -0.39 is 35.4 Å². The minimum Gasteiger partial charge on any atom is -0.461 e. The second kappa shape index (κ2) is 9.85. The summed E-state index contributed by atoms with van der Waals surface area (Å²) in [4.78, 5) is 49.0. The van der Waals surface area contributed by atoms with Gasteiger partial charge in [-0.2, -0.15) is 0 Å². The van der Waals surface area contributed by atoms with Crippen LogP contribution < -0.4 is 5.32 Å². The zero-order valence-electron chi connectivity index (χ0n) is 16.9. The first-order chi connectivity index (χ1) is 15.1. The Morgan fingerprint density at radius 1 is 1.25 bits per heavy atom. The summed E-state index contributed by atoms with van der Waals surface area (Å²) in [7, 11) is 0. The lowest BCUT2D eigenvalue weighted by Gasteiger charge is -2.49. The Morgan fingerprint density at radius 3 is 2.47 bits per heavy atom. The van der Waals surface area contributed by atoms with Gasteiger partial charge in [0.2, 0.25) is 5.88 Å². The van der Waals surface area contributed by atoms with Gasteiger partial charge in [-0.05, 0) is 12.5 Å². The SMILES string of the molecule is CC(=O)OCC1=C(OC(=O)O)N2C(=O)C(NC(=O)C(=C(Cl)Cl)c3ccc(C)cc3)[C@@H]2SC1. The van der Waals surface area contributed by atoms with Crippen LogP contribution in [0.15, 0.2) is 40.2 Å². The number of nitrogens with one attached hydrogen (secondary N) is 1. The number of hydrogen-bond donors (Lipinski definition) is 2. The molecule has 1 saturated heterocycles. The van der Waals surface area contributed by atoms with Crippen LogP contribution in [0.25, 0.3) is 5.57 Å². The Bertz CT molecular complexity index is 1030. The maximum Gasteiger partial charge on any atom is 0.512 e. The molecule has 0 bridgehead atoms. The molecule has 2 heterocycles. The molecule has 2 N–H and O–H groups in total. The van der Waals surface area contributed by atoms with E-state index in [0.29, 0.717) is 11.1 Å². The fraction of sp³-hybridized carbons (Fsp3) is 0.300. The first kappa shape index (κ1) is 24.0. The lowest BCUT2D eigenvalue weighted by Crippen LogP contribution is -2.70. The summed E-state index contributed by atoms with van der Waals surface area (Å²) in [6.45, 7) is 2.87. The molecule has 1 aromatic rings. The number of amides is 2. The van der Waals surface area contributed by atoms with Crippen molar-refractivity contribution in [2.45, 2.75) is 25.3 Å². The van der Waals surface area contributed by atoms with Crippen LogP contribution in [0.5, 0.6) is 0 Å². The largest absolute Gasteiger partial charge is 0.512 e. The molecule has 3 rings (SSSR count). The van der Waals surface area contributed by atoms with Crippen molar-refractivity contribution in [2.75, 3.05) is 12.4 Å². The molecule has 0 radical (unpaired) electrons. The van der Waals surface area contributed by atoms with Crippen molar-refractivity contribution in [3.8, 4) is 0 Å². The molecular formula is C20H18Cl2N2O7S. The van der Waals surface area contributed by atoms with Gasteiger partial charge < -0.3 is 19.9 Å². The fourth-order valence-corrected chi connectivity index (χ4v) is 4.85. The maximum absolute atomic E-state index is 12.9. The quantitative estimate of drug-likeness (QED) is 0.347. The van der Waals surface area contributed by atoms with Gasteiger partial charge in [-0.1, -0.05) is 53.0 Å². The average molecular weight is 501 g/mol. The molecule has 2 aliphatic rings. The average Bonchev–Trinajstić information content (AvgIpc) is 2.71. The molecule has 0 aliphatic carbocycles. The Kier molecular flexibility index (Phi) is 7.37. The minimum atomic E-state index is -1.62. The van der Waals surface area contributed by atoms with E-state index in [9.17, 15) is 19.2 Å². The van der Waals surface area contributed by atoms with Gasteiger partial charge in [-0.25, -0.2) is 4.79 Å². The Balaban J connectivity index is 1.80. The molecule has 0 aromatic heterocycles. The van der Waals surface area contributed by atoms with E-state index in [0.717, 1.165) is 10.5 Å². The summed E-state index contributed by atoms with van der Waals surface area (Å²) in [5, 5.41) is 11.0. The molecule has 1 fully saturated rings. The smallest absolute Gasteiger partial charge is 0.461 e. The Labute approximate surface area is 197 Å². The molecule has 0 saturated carbocycles. The van der Waals surface area contributed by atoms with Gasteiger partial charge in [-0.15, -0.1) is 11.8 Å². The van der Waals surface area contributed by atoms with E-state index >= 15 is 0 Å². The van der Waals surface area contributed by atoms with Gasteiger partial charge in [0.1, 0.15) is 22.5 Å². The van der Waals surface area contributed by atoms with Gasteiger partial charge in [0.15, 0.2) is 0 Å². The van der Waals surface area contributed by atoms with Crippen molar-refractivity contribution < 1.29 is 33.8 Å². The summed E-state index contributed by atoms with van der Waals surface area (Å²) in [5.41, 5.74) is 1.79. The highest BCUT2D eigenvalue weighted by Crippen LogP contribution is 2.41. The standard InChI is InChI=1S/C20H18Cl2N2O7S/c1-9-3-5-11(6-4-9)13(15(21)22)16(26)23-14-17(27)24-18(31-20(28)29)12(7-30-10(2)25)8-32-19(14)24/h3-6,14,19H,7-8H2,1-2H3,(H,23,26)(H,28,29)/t14?,19-/m0/s1. The van der Waals surface area contributed by atoms with Crippen molar-refractivity contribution in [3.05, 3.63) is 51.3 Å². The van der Waals surface area contributed by atoms with Gasteiger partial charge in [-0.3, -0.25) is 19.3 Å². The Morgan fingerprint density at radius 2 is 1.91 bits per heavy atom. The van der Waals surface area contributed by atoms with Crippen LogP contribution in [0, 0.1) is 6.92 Å². The molecule has 2 atom stereocenters. The van der Waals surface area contributed by atoms with Crippen LogP contribution in [0.3, 0.4) is 0 Å². The van der Waals surface area contributed by atoms with Gasteiger partial charge in [0, 0.05) is 18.2 Å². The summed E-state index contributed by atoms with van der Waals surface area (Å²) in [6.07, 6.45) is -1.62. The predicted molar refractivity (Wildman–Crippen MR) is 118 cm³/mol. The van der Waals surface area contributed by atoms with Crippen molar-refractivity contribution >= 4 is 64.5 Å². The fourth-order valence-electron chi connectivity index (χ4n) is 3.16. The number of β-lactam (4-membered cyclic amide) rings is 1. The topological polar surface area (TPSA) is 122 Å². The first-order valence-corrected chi connectivity index (χ1v) is 11.0. The number of thioether (sulfide) groups is 1. The van der Waals surface area contributed by atoms with Gasteiger partial charge in [0.25, 0.3) is 11.8 Å². The van der Waals surface area contributed by atoms with Gasteiger partial charge >= 0.3 is 12.1 Å². The molecule has 170 valence electrons. The zero-order valence-corrected chi connectivity index (χ0v) is 19.2. The van der Waals surface area contributed by atoms with Crippen LogP contribution in [0.2, 0.25) is 0 Å². The predicted octanol–water partition coefficient (Wildman–Crippen LogP) is 3.01. The second-order valence-corrected chi connectivity index (χ2v) is 8.97.